The van der Waals surface area contributed by atoms with Gasteiger partial charge in [0.2, 0.25) is 0 Å². The van der Waals surface area contributed by atoms with Gasteiger partial charge in [0.15, 0.2) is 0 Å². The number of nitrogens with zero attached hydrogens (tertiary/aromatic N) is 2. The van der Waals surface area contributed by atoms with E-state index in [0.717, 1.165) is 0 Å². The summed E-state index contributed by atoms with van der Waals surface area (Å²) in [7, 11) is 2.07. The van der Waals surface area contributed by atoms with Gasteiger partial charge in [0.1, 0.15) is 0 Å². The highest BCUT2D eigenvalue weighted by Crippen LogP contribution is 2.44. The number of hydrogen-bond donors (Lipinski definition) is 0. The summed E-state index contributed by atoms with van der Waals surface area (Å²) in [6.45, 7) is 41.3. The molecule has 2 aromatic rings. The Morgan fingerprint density at radius 1 is 0.543 bits per heavy atom. The predicted molar refractivity (Wildman–Crippen MR) is 160 cm³/mol. The molecule has 0 aromatic carbocycles. The lowest BCUT2D eigenvalue weighted by Gasteiger charge is -2.31. The molecule has 0 aliphatic rings. The maximum Gasteiger partial charge on any atom is 0.0718 e. The van der Waals surface area contributed by atoms with Gasteiger partial charge in [-0.15, -0.1) is 11.3 Å². The first-order valence-corrected chi connectivity index (χ1v) is 14.2. The van der Waals surface area contributed by atoms with E-state index in [1.54, 1.807) is 10.4 Å². The molecular weight excluding hydrogens is 444 g/mol. The zero-order chi connectivity index (χ0) is 28.2. The molecule has 2 rings (SSSR count). The standard InChI is InChI=1S/C16H30N2.C16H28S/c1-14(2,3)11-12(15(4,5)6)17-18(10)13(11)16(7,8)9;1-14(2,3)11-10-17-13(16(7,8)9)12(11)15(4,5)6/h1-10H3;10H,1-9H3. The van der Waals surface area contributed by atoms with Gasteiger partial charge in [0.25, 0.3) is 0 Å². The quantitative estimate of drug-likeness (QED) is 0.350. The number of aromatic nitrogens is 2. The summed E-state index contributed by atoms with van der Waals surface area (Å²) in [5.74, 6) is 0. The third-order valence-corrected chi connectivity index (χ3v) is 7.65. The largest absolute Gasteiger partial charge is 0.272 e. The molecule has 0 fully saturated rings. The molecule has 0 atom stereocenters. The highest BCUT2D eigenvalue weighted by Gasteiger charge is 2.36. The minimum absolute atomic E-state index is 0.0872. The van der Waals surface area contributed by atoms with Crippen molar-refractivity contribution in [3.05, 3.63) is 38.3 Å². The van der Waals surface area contributed by atoms with Crippen LogP contribution in [0.25, 0.3) is 0 Å². The lowest BCUT2D eigenvalue weighted by atomic mass is 9.73. The summed E-state index contributed by atoms with van der Waals surface area (Å²) in [6, 6.07) is 0. The topological polar surface area (TPSA) is 17.8 Å². The molecule has 35 heavy (non-hydrogen) atoms. The Morgan fingerprint density at radius 3 is 1.26 bits per heavy atom. The third kappa shape index (κ3) is 7.70. The van der Waals surface area contributed by atoms with E-state index in [4.69, 9.17) is 5.10 Å². The molecule has 0 N–H and O–H groups in total. The molecule has 0 bridgehead atoms. The molecule has 3 heteroatoms. The highest BCUT2D eigenvalue weighted by molar-refractivity contribution is 7.10. The van der Waals surface area contributed by atoms with Crippen LogP contribution in [-0.2, 0) is 39.5 Å². The fourth-order valence-electron chi connectivity index (χ4n) is 4.83. The predicted octanol–water partition coefficient (Wildman–Crippen LogP) is 9.95. The molecule has 0 aliphatic heterocycles. The second-order valence-corrected chi connectivity index (χ2v) is 17.4. The van der Waals surface area contributed by atoms with Crippen LogP contribution < -0.4 is 0 Å². The fraction of sp³-hybridized carbons (Fsp3) is 0.781. The van der Waals surface area contributed by atoms with E-state index in [1.807, 2.05) is 11.3 Å². The van der Waals surface area contributed by atoms with Crippen molar-refractivity contribution in [1.29, 1.82) is 0 Å². The number of aryl methyl sites for hydroxylation is 1. The smallest absolute Gasteiger partial charge is 0.0718 e. The van der Waals surface area contributed by atoms with Gasteiger partial charge in [0, 0.05) is 34.0 Å². The van der Waals surface area contributed by atoms with E-state index in [0.29, 0.717) is 0 Å². The molecular formula is C32H58N2S. The summed E-state index contributed by atoms with van der Waals surface area (Å²) >= 11 is 1.94. The molecule has 2 nitrogen and oxygen atoms in total. The SMILES string of the molecule is CC(C)(C)c1csc(C(C)(C)C)c1C(C)(C)C.Cn1nc(C(C)(C)C)c(C(C)(C)C)c1C(C)(C)C. The Morgan fingerprint density at radius 2 is 0.971 bits per heavy atom. The first-order chi connectivity index (χ1) is 15.1. The molecule has 0 amide bonds. The van der Waals surface area contributed by atoms with Gasteiger partial charge in [-0.1, -0.05) is 125 Å². The van der Waals surface area contributed by atoms with E-state index in [1.165, 1.54) is 22.5 Å². The van der Waals surface area contributed by atoms with Crippen molar-refractivity contribution in [3.63, 3.8) is 0 Å². The van der Waals surface area contributed by atoms with Crippen molar-refractivity contribution >= 4 is 11.3 Å². The average Bonchev–Trinajstić information content (AvgIpc) is 3.13. The molecule has 0 spiro atoms. The maximum atomic E-state index is 4.83. The first-order valence-electron chi connectivity index (χ1n) is 13.3. The van der Waals surface area contributed by atoms with Gasteiger partial charge in [-0.25, -0.2) is 0 Å². The summed E-state index contributed by atoms with van der Waals surface area (Å²) in [5, 5.41) is 7.21. The zero-order valence-electron chi connectivity index (χ0n) is 26.9. The maximum absolute atomic E-state index is 4.83. The van der Waals surface area contributed by atoms with Crippen LogP contribution in [0.15, 0.2) is 5.38 Å². The van der Waals surface area contributed by atoms with Crippen LogP contribution in [-0.4, -0.2) is 9.78 Å². The van der Waals surface area contributed by atoms with Gasteiger partial charge >= 0.3 is 0 Å². The zero-order valence-corrected chi connectivity index (χ0v) is 27.7. The molecule has 0 unspecified atom stereocenters. The molecule has 0 radical (unpaired) electrons. The number of hydrogen-bond acceptors (Lipinski definition) is 2. The van der Waals surface area contributed by atoms with Crippen LogP contribution in [0.1, 0.15) is 158 Å². The molecule has 2 aromatic heterocycles. The minimum Gasteiger partial charge on any atom is -0.272 e. The van der Waals surface area contributed by atoms with Crippen LogP contribution in [0, 0.1) is 0 Å². The van der Waals surface area contributed by atoms with Crippen LogP contribution in [0.5, 0.6) is 0 Å². The van der Waals surface area contributed by atoms with E-state index in [2.05, 4.69) is 142 Å². The number of thiophene rings is 1. The van der Waals surface area contributed by atoms with Crippen LogP contribution in [0.4, 0.5) is 0 Å². The van der Waals surface area contributed by atoms with E-state index in [-0.39, 0.29) is 32.5 Å². The third-order valence-electron chi connectivity index (χ3n) is 6.25. The molecule has 0 saturated carbocycles. The van der Waals surface area contributed by atoms with E-state index < -0.39 is 0 Å². The second-order valence-electron chi connectivity index (χ2n) is 16.5. The molecule has 0 aliphatic carbocycles. The highest BCUT2D eigenvalue weighted by atomic mass is 32.1. The van der Waals surface area contributed by atoms with Crippen molar-refractivity contribution in [3.8, 4) is 0 Å². The summed E-state index contributed by atoms with van der Waals surface area (Å²) in [6.07, 6.45) is 0. The Labute approximate surface area is 223 Å². The van der Waals surface area contributed by atoms with Gasteiger partial charge in [0.05, 0.1) is 5.69 Å². The van der Waals surface area contributed by atoms with Crippen LogP contribution in [0.2, 0.25) is 0 Å². The van der Waals surface area contributed by atoms with E-state index >= 15 is 0 Å². The number of rotatable bonds is 0. The summed E-state index contributed by atoms with van der Waals surface area (Å²) in [5.41, 5.74) is 8.16. The molecule has 0 saturated heterocycles. The Kier molecular flexibility index (Phi) is 8.81. The second kappa shape index (κ2) is 9.66. The summed E-state index contributed by atoms with van der Waals surface area (Å²) in [4.78, 5) is 1.55. The van der Waals surface area contributed by atoms with Gasteiger partial charge in [-0.3, -0.25) is 4.68 Å². The Balaban J connectivity index is 0.000000351. The first kappa shape index (κ1) is 31.9. The van der Waals surface area contributed by atoms with E-state index in [9.17, 15) is 0 Å². The lowest BCUT2D eigenvalue weighted by Crippen LogP contribution is -2.26. The van der Waals surface area contributed by atoms with Crippen molar-refractivity contribution in [2.75, 3.05) is 0 Å². The lowest BCUT2D eigenvalue weighted by molar-refractivity contribution is 0.489. The average molecular weight is 503 g/mol. The minimum atomic E-state index is 0.0872. The molecule has 2 heterocycles. The van der Waals surface area contributed by atoms with Crippen molar-refractivity contribution < 1.29 is 0 Å². The Bertz CT molecular complexity index is 958. The van der Waals surface area contributed by atoms with Crippen LogP contribution in [0.3, 0.4) is 0 Å². The molecule has 202 valence electrons. The van der Waals surface area contributed by atoms with Crippen molar-refractivity contribution in [2.45, 2.75) is 157 Å². The normalized spacial score (nSPS) is 14.1. The summed E-state index contributed by atoms with van der Waals surface area (Å²) < 4.78 is 2.08. The van der Waals surface area contributed by atoms with Crippen LogP contribution >= 0.6 is 11.3 Å². The van der Waals surface area contributed by atoms with Gasteiger partial charge < -0.3 is 0 Å². The Hall–Kier alpha value is -1.09. The fourth-order valence-corrected chi connectivity index (χ4v) is 6.42. The van der Waals surface area contributed by atoms with Gasteiger partial charge in [-0.2, -0.15) is 5.10 Å². The van der Waals surface area contributed by atoms with Gasteiger partial charge in [-0.05, 0) is 38.2 Å². The van der Waals surface area contributed by atoms with Crippen molar-refractivity contribution in [1.82, 2.24) is 9.78 Å². The van der Waals surface area contributed by atoms with Crippen molar-refractivity contribution in [2.24, 2.45) is 7.05 Å². The monoisotopic (exact) mass is 502 g/mol.